The number of nitrogens with one attached hydrogen (secondary N) is 1. The summed E-state index contributed by atoms with van der Waals surface area (Å²) >= 11 is 0. The van der Waals surface area contributed by atoms with Gasteiger partial charge in [0.05, 0.1) is 0 Å². The summed E-state index contributed by atoms with van der Waals surface area (Å²) in [7, 11) is 0. The lowest BCUT2D eigenvalue weighted by molar-refractivity contribution is 0.283. The van der Waals surface area contributed by atoms with Gasteiger partial charge in [0, 0.05) is 36.8 Å². The Morgan fingerprint density at radius 3 is 2.75 bits per heavy atom. The summed E-state index contributed by atoms with van der Waals surface area (Å²) in [6, 6.07) is 17.3. The van der Waals surface area contributed by atoms with Crippen molar-refractivity contribution in [2.24, 2.45) is 0 Å². The second-order valence-corrected chi connectivity index (χ2v) is 6.40. The van der Waals surface area contributed by atoms with E-state index in [1.165, 1.54) is 27.6 Å². The molecular formula is C21H26N2O. The molecule has 0 amide bonds. The van der Waals surface area contributed by atoms with E-state index in [0.717, 1.165) is 32.5 Å². The molecule has 0 aliphatic carbocycles. The average Bonchev–Trinajstić information content (AvgIpc) is 2.93. The predicted octanol–water partition coefficient (Wildman–Crippen LogP) is 3.86. The van der Waals surface area contributed by atoms with Crippen LogP contribution in [0.4, 0.5) is 0 Å². The van der Waals surface area contributed by atoms with E-state index >= 15 is 0 Å². The van der Waals surface area contributed by atoms with Crippen LogP contribution in [0.15, 0.2) is 54.7 Å². The van der Waals surface area contributed by atoms with Crippen LogP contribution in [0.1, 0.15) is 29.5 Å². The summed E-state index contributed by atoms with van der Waals surface area (Å²) in [6.45, 7) is 5.12. The fourth-order valence-electron chi connectivity index (χ4n) is 3.19. The Bertz CT molecular complexity index is 791. The zero-order chi connectivity index (χ0) is 16.8. The molecule has 1 aromatic heterocycles. The molecule has 2 N–H and O–H groups in total. The monoisotopic (exact) mass is 322 g/mol. The molecule has 3 rings (SSSR count). The van der Waals surface area contributed by atoms with Crippen molar-refractivity contribution in [3.63, 3.8) is 0 Å². The maximum absolute atomic E-state index is 8.86. The first kappa shape index (κ1) is 16.7. The lowest BCUT2D eigenvalue weighted by Gasteiger charge is -2.06. The van der Waals surface area contributed by atoms with E-state index in [9.17, 15) is 0 Å². The van der Waals surface area contributed by atoms with E-state index in [1.54, 1.807) is 0 Å². The van der Waals surface area contributed by atoms with Crippen molar-refractivity contribution in [2.75, 3.05) is 13.2 Å². The summed E-state index contributed by atoms with van der Waals surface area (Å²) in [5.74, 6) is 0. The van der Waals surface area contributed by atoms with Gasteiger partial charge in [-0.05, 0) is 43.5 Å². The quantitative estimate of drug-likeness (QED) is 0.618. The molecule has 0 saturated carbocycles. The Balaban J connectivity index is 1.78. The van der Waals surface area contributed by atoms with Crippen LogP contribution >= 0.6 is 0 Å². The highest BCUT2D eigenvalue weighted by atomic mass is 16.2. The molecular weight excluding hydrogens is 296 g/mol. The van der Waals surface area contributed by atoms with Crippen LogP contribution in [-0.2, 0) is 13.1 Å². The molecule has 0 aliphatic heterocycles. The number of hydrogen-bond acceptors (Lipinski definition) is 2. The molecule has 3 nitrogen and oxygen atoms in total. The molecule has 24 heavy (non-hydrogen) atoms. The highest BCUT2D eigenvalue weighted by molar-refractivity contribution is 5.84. The number of unbranched alkanes of at least 4 members (excludes halogenated alkanes) is 1. The number of fused-ring (bicyclic) bond motifs is 1. The standard InChI is InChI=1S/C21H26N2O/c1-17-7-6-8-18(13-17)15-23-16-19(14-22-11-4-5-12-24)20-9-2-3-10-21(20)23/h2-3,6-10,13,16,22,24H,4-5,11-12,14-15H2,1H3. The number of aryl methyl sites for hydroxylation is 1. The van der Waals surface area contributed by atoms with Gasteiger partial charge < -0.3 is 15.0 Å². The highest BCUT2D eigenvalue weighted by Gasteiger charge is 2.08. The van der Waals surface area contributed by atoms with Crippen LogP contribution in [0.2, 0.25) is 0 Å². The smallest absolute Gasteiger partial charge is 0.0486 e. The first-order valence-electron chi connectivity index (χ1n) is 8.72. The average molecular weight is 322 g/mol. The van der Waals surface area contributed by atoms with Gasteiger partial charge in [0.1, 0.15) is 0 Å². The number of aliphatic hydroxyl groups excluding tert-OH is 1. The third-order valence-electron chi connectivity index (χ3n) is 4.38. The number of aromatic nitrogens is 1. The first-order chi connectivity index (χ1) is 11.8. The summed E-state index contributed by atoms with van der Waals surface area (Å²) in [5.41, 5.74) is 5.25. The van der Waals surface area contributed by atoms with Gasteiger partial charge in [0.25, 0.3) is 0 Å². The molecule has 0 radical (unpaired) electrons. The number of nitrogens with zero attached hydrogens (tertiary/aromatic N) is 1. The third-order valence-corrected chi connectivity index (χ3v) is 4.38. The topological polar surface area (TPSA) is 37.2 Å². The zero-order valence-corrected chi connectivity index (χ0v) is 14.3. The SMILES string of the molecule is Cc1cccc(Cn2cc(CNCCCCO)c3ccccc32)c1. The summed E-state index contributed by atoms with van der Waals surface area (Å²) in [6.07, 6.45) is 4.15. The van der Waals surface area contributed by atoms with Crippen LogP contribution in [0.25, 0.3) is 10.9 Å². The van der Waals surface area contributed by atoms with E-state index in [2.05, 4.69) is 71.5 Å². The van der Waals surface area contributed by atoms with E-state index in [1.807, 2.05) is 0 Å². The number of aliphatic hydroxyl groups is 1. The Morgan fingerprint density at radius 2 is 1.92 bits per heavy atom. The number of rotatable bonds is 8. The van der Waals surface area contributed by atoms with Gasteiger partial charge in [-0.15, -0.1) is 0 Å². The van der Waals surface area contributed by atoms with E-state index in [0.29, 0.717) is 0 Å². The van der Waals surface area contributed by atoms with Crippen molar-refractivity contribution in [2.45, 2.75) is 32.9 Å². The number of para-hydroxylation sites is 1. The fourth-order valence-corrected chi connectivity index (χ4v) is 3.19. The maximum atomic E-state index is 8.86. The van der Waals surface area contributed by atoms with Crippen molar-refractivity contribution in [1.29, 1.82) is 0 Å². The molecule has 0 aliphatic rings. The van der Waals surface area contributed by atoms with Crippen LogP contribution < -0.4 is 5.32 Å². The van der Waals surface area contributed by atoms with Gasteiger partial charge in [-0.3, -0.25) is 0 Å². The zero-order valence-electron chi connectivity index (χ0n) is 14.3. The normalized spacial score (nSPS) is 11.2. The molecule has 0 unspecified atom stereocenters. The Labute approximate surface area is 143 Å². The van der Waals surface area contributed by atoms with Crippen molar-refractivity contribution < 1.29 is 5.11 Å². The highest BCUT2D eigenvalue weighted by Crippen LogP contribution is 2.22. The third kappa shape index (κ3) is 4.05. The molecule has 126 valence electrons. The Morgan fingerprint density at radius 1 is 1.04 bits per heavy atom. The fraction of sp³-hybridized carbons (Fsp3) is 0.333. The lowest BCUT2D eigenvalue weighted by Crippen LogP contribution is -2.14. The van der Waals surface area contributed by atoms with Gasteiger partial charge in [0.2, 0.25) is 0 Å². The van der Waals surface area contributed by atoms with Crippen molar-refractivity contribution in [3.05, 3.63) is 71.4 Å². The molecule has 3 aromatic rings. The van der Waals surface area contributed by atoms with Gasteiger partial charge in [0.15, 0.2) is 0 Å². The van der Waals surface area contributed by atoms with Gasteiger partial charge >= 0.3 is 0 Å². The number of hydrogen-bond donors (Lipinski definition) is 2. The van der Waals surface area contributed by atoms with E-state index in [4.69, 9.17) is 5.11 Å². The minimum absolute atomic E-state index is 0.275. The minimum atomic E-state index is 0.275. The van der Waals surface area contributed by atoms with Gasteiger partial charge in [-0.1, -0.05) is 48.0 Å². The lowest BCUT2D eigenvalue weighted by atomic mass is 10.1. The second kappa shape index (κ2) is 8.13. The van der Waals surface area contributed by atoms with Crippen molar-refractivity contribution >= 4 is 10.9 Å². The van der Waals surface area contributed by atoms with E-state index < -0.39 is 0 Å². The summed E-state index contributed by atoms with van der Waals surface area (Å²) in [5, 5.41) is 13.7. The Kier molecular flexibility index (Phi) is 5.68. The van der Waals surface area contributed by atoms with Crippen LogP contribution in [0.3, 0.4) is 0 Å². The molecule has 0 fully saturated rings. The van der Waals surface area contributed by atoms with E-state index in [-0.39, 0.29) is 6.61 Å². The van der Waals surface area contributed by atoms with Crippen molar-refractivity contribution in [1.82, 2.24) is 9.88 Å². The van der Waals surface area contributed by atoms with Crippen molar-refractivity contribution in [3.8, 4) is 0 Å². The predicted molar refractivity (Wildman–Crippen MR) is 100 cm³/mol. The molecule has 0 spiro atoms. The van der Waals surface area contributed by atoms with Crippen LogP contribution in [0.5, 0.6) is 0 Å². The molecule has 0 saturated heterocycles. The molecule has 0 bridgehead atoms. The molecule has 3 heteroatoms. The largest absolute Gasteiger partial charge is 0.396 e. The second-order valence-electron chi connectivity index (χ2n) is 6.40. The number of benzene rings is 2. The van der Waals surface area contributed by atoms with Crippen LogP contribution in [0, 0.1) is 6.92 Å². The minimum Gasteiger partial charge on any atom is -0.396 e. The first-order valence-corrected chi connectivity index (χ1v) is 8.72. The van der Waals surface area contributed by atoms with Gasteiger partial charge in [-0.2, -0.15) is 0 Å². The van der Waals surface area contributed by atoms with Gasteiger partial charge in [-0.25, -0.2) is 0 Å². The summed E-state index contributed by atoms with van der Waals surface area (Å²) in [4.78, 5) is 0. The molecule has 1 heterocycles. The summed E-state index contributed by atoms with van der Waals surface area (Å²) < 4.78 is 2.34. The molecule has 0 atom stereocenters. The molecule has 2 aromatic carbocycles. The maximum Gasteiger partial charge on any atom is 0.0486 e. The van der Waals surface area contributed by atoms with Crippen LogP contribution in [-0.4, -0.2) is 22.8 Å². The Hall–Kier alpha value is -2.10.